The van der Waals surface area contributed by atoms with Crippen LogP contribution in [0.5, 0.6) is 11.5 Å². The molecule has 0 radical (unpaired) electrons. The number of para-hydroxylation sites is 1. The topological polar surface area (TPSA) is 98.5 Å². The molecule has 0 unspecified atom stereocenters. The fraction of sp³-hybridized carbons (Fsp3) is 0.211. The number of benzene rings is 2. The van der Waals surface area contributed by atoms with Gasteiger partial charge >= 0.3 is 6.03 Å². The van der Waals surface area contributed by atoms with Gasteiger partial charge in [-0.25, -0.2) is 4.79 Å². The number of hydrogen-bond acceptors (Lipinski definition) is 6. The first-order valence-electron chi connectivity index (χ1n) is 8.26. The third-order valence-corrected chi connectivity index (χ3v) is 3.90. The zero-order valence-electron chi connectivity index (χ0n) is 15.3. The lowest BCUT2D eigenvalue weighted by Crippen LogP contribution is -2.28. The van der Waals surface area contributed by atoms with Crippen LogP contribution in [-0.2, 0) is 6.54 Å². The van der Waals surface area contributed by atoms with Crippen LogP contribution in [0.25, 0.3) is 11.4 Å². The molecule has 140 valence electrons. The molecule has 0 bridgehead atoms. The van der Waals surface area contributed by atoms with Crippen molar-refractivity contribution in [3.05, 3.63) is 53.9 Å². The Kier molecular flexibility index (Phi) is 5.55. The summed E-state index contributed by atoms with van der Waals surface area (Å²) < 4.78 is 15.7. The maximum Gasteiger partial charge on any atom is 0.319 e. The van der Waals surface area contributed by atoms with Crippen LogP contribution >= 0.6 is 0 Å². The van der Waals surface area contributed by atoms with E-state index in [1.165, 1.54) is 0 Å². The first kappa shape index (κ1) is 18.2. The van der Waals surface area contributed by atoms with E-state index in [0.717, 1.165) is 11.3 Å². The van der Waals surface area contributed by atoms with Crippen LogP contribution < -0.4 is 20.1 Å². The lowest BCUT2D eigenvalue weighted by atomic mass is 10.2. The maximum absolute atomic E-state index is 12.0. The second kappa shape index (κ2) is 8.22. The first-order chi connectivity index (χ1) is 13.1. The number of urea groups is 1. The zero-order valence-corrected chi connectivity index (χ0v) is 15.3. The molecule has 0 saturated heterocycles. The largest absolute Gasteiger partial charge is 0.493 e. The van der Waals surface area contributed by atoms with Crippen molar-refractivity contribution in [1.29, 1.82) is 0 Å². The molecule has 0 saturated carbocycles. The van der Waals surface area contributed by atoms with Gasteiger partial charge in [-0.15, -0.1) is 0 Å². The molecule has 0 aliphatic carbocycles. The standard InChI is InChI=1S/C19H20N4O4/c1-12-6-4-5-7-14(12)21-19(24)20-11-17-22-18(23-27-17)13-8-9-15(25-2)16(10-13)26-3/h4-10H,11H2,1-3H3,(H2,20,21,24). The number of nitrogens with one attached hydrogen (secondary N) is 2. The predicted octanol–water partition coefficient (Wildman–Crippen LogP) is 3.38. The number of aromatic nitrogens is 2. The van der Waals surface area contributed by atoms with Crippen LogP contribution in [0.15, 0.2) is 47.0 Å². The van der Waals surface area contributed by atoms with E-state index in [0.29, 0.717) is 28.8 Å². The summed E-state index contributed by atoms with van der Waals surface area (Å²) >= 11 is 0. The summed E-state index contributed by atoms with van der Waals surface area (Å²) in [5, 5.41) is 9.40. The minimum Gasteiger partial charge on any atom is -0.493 e. The molecule has 8 heteroatoms. The van der Waals surface area contributed by atoms with Crippen LogP contribution in [0.3, 0.4) is 0 Å². The summed E-state index contributed by atoms with van der Waals surface area (Å²) in [6.45, 7) is 2.03. The van der Waals surface area contributed by atoms with Gasteiger partial charge in [0, 0.05) is 11.3 Å². The summed E-state index contributed by atoms with van der Waals surface area (Å²) in [4.78, 5) is 16.3. The minimum atomic E-state index is -0.352. The van der Waals surface area contributed by atoms with E-state index in [4.69, 9.17) is 14.0 Å². The number of carbonyl (C=O) groups excluding carboxylic acids is 1. The number of aryl methyl sites for hydroxylation is 1. The molecule has 3 rings (SSSR count). The second-order valence-corrected chi connectivity index (χ2v) is 5.70. The lowest BCUT2D eigenvalue weighted by molar-refractivity contribution is 0.249. The Hall–Kier alpha value is -3.55. The van der Waals surface area contributed by atoms with Gasteiger partial charge in [0.05, 0.1) is 20.8 Å². The van der Waals surface area contributed by atoms with Gasteiger partial charge in [0.2, 0.25) is 11.7 Å². The summed E-state index contributed by atoms with van der Waals surface area (Å²) in [5.41, 5.74) is 2.43. The van der Waals surface area contributed by atoms with E-state index in [1.54, 1.807) is 32.4 Å². The number of methoxy groups -OCH3 is 2. The molecule has 3 aromatic rings. The van der Waals surface area contributed by atoms with Crippen molar-refractivity contribution >= 4 is 11.7 Å². The van der Waals surface area contributed by atoms with Crippen LogP contribution in [0.4, 0.5) is 10.5 Å². The molecule has 8 nitrogen and oxygen atoms in total. The van der Waals surface area contributed by atoms with Gasteiger partial charge in [-0.2, -0.15) is 4.98 Å². The third kappa shape index (κ3) is 4.35. The molecular weight excluding hydrogens is 348 g/mol. The number of ether oxygens (including phenoxy) is 2. The summed E-state index contributed by atoms with van der Waals surface area (Å²) in [7, 11) is 3.12. The summed E-state index contributed by atoms with van der Waals surface area (Å²) in [6.07, 6.45) is 0. The van der Waals surface area contributed by atoms with Crippen LogP contribution in [0.1, 0.15) is 11.5 Å². The van der Waals surface area contributed by atoms with Crippen molar-refractivity contribution in [2.24, 2.45) is 0 Å². The monoisotopic (exact) mass is 368 g/mol. The summed E-state index contributed by atoms with van der Waals surface area (Å²) in [5.74, 6) is 1.86. The van der Waals surface area contributed by atoms with E-state index < -0.39 is 0 Å². The van der Waals surface area contributed by atoms with Crippen molar-refractivity contribution in [3.8, 4) is 22.9 Å². The number of hydrogen-bond donors (Lipinski definition) is 2. The van der Waals surface area contributed by atoms with Gasteiger partial charge in [0.25, 0.3) is 0 Å². The Balaban J connectivity index is 1.63. The van der Waals surface area contributed by atoms with E-state index >= 15 is 0 Å². The molecule has 0 atom stereocenters. The van der Waals surface area contributed by atoms with E-state index in [2.05, 4.69) is 20.8 Å². The van der Waals surface area contributed by atoms with Crippen molar-refractivity contribution < 1.29 is 18.8 Å². The predicted molar refractivity (Wildman–Crippen MR) is 99.9 cm³/mol. The lowest BCUT2D eigenvalue weighted by Gasteiger charge is -2.08. The maximum atomic E-state index is 12.0. The fourth-order valence-corrected chi connectivity index (χ4v) is 2.45. The molecule has 0 aliphatic heterocycles. The highest BCUT2D eigenvalue weighted by Gasteiger charge is 2.13. The third-order valence-electron chi connectivity index (χ3n) is 3.90. The fourth-order valence-electron chi connectivity index (χ4n) is 2.45. The van der Waals surface area contributed by atoms with Crippen molar-refractivity contribution in [2.45, 2.75) is 13.5 Å². The molecule has 2 N–H and O–H groups in total. The van der Waals surface area contributed by atoms with Gasteiger partial charge in [-0.05, 0) is 36.8 Å². The van der Waals surface area contributed by atoms with Gasteiger partial charge in [-0.1, -0.05) is 23.4 Å². The van der Waals surface area contributed by atoms with E-state index in [-0.39, 0.29) is 12.6 Å². The number of rotatable bonds is 6. The van der Waals surface area contributed by atoms with Gasteiger partial charge in [0.15, 0.2) is 11.5 Å². The highest BCUT2D eigenvalue weighted by Crippen LogP contribution is 2.31. The Morgan fingerprint density at radius 2 is 1.89 bits per heavy atom. The second-order valence-electron chi connectivity index (χ2n) is 5.70. The highest BCUT2D eigenvalue weighted by molar-refractivity contribution is 5.89. The molecular formula is C19H20N4O4. The average molecular weight is 368 g/mol. The quantitative estimate of drug-likeness (QED) is 0.692. The number of anilines is 1. The Morgan fingerprint density at radius 3 is 2.63 bits per heavy atom. The Bertz CT molecular complexity index is 939. The van der Waals surface area contributed by atoms with Gasteiger partial charge < -0.3 is 24.6 Å². The SMILES string of the molecule is COc1ccc(-c2noc(CNC(=O)Nc3ccccc3C)n2)cc1OC. The average Bonchev–Trinajstić information content (AvgIpc) is 3.16. The molecule has 0 fully saturated rings. The minimum absolute atomic E-state index is 0.109. The Morgan fingerprint density at radius 1 is 1.11 bits per heavy atom. The molecule has 1 aromatic heterocycles. The van der Waals surface area contributed by atoms with Gasteiger partial charge in [0.1, 0.15) is 0 Å². The van der Waals surface area contributed by atoms with Crippen LogP contribution in [0.2, 0.25) is 0 Å². The van der Waals surface area contributed by atoms with Gasteiger partial charge in [-0.3, -0.25) is 0 Å². The Labute approximate surface area is 156 Å². The first-order valence-corrected chi connectivity index (χ1v) is 8.26. The van der Waals surface area contributed by atoms with Crippen molar-refractivity contribution in [3.63, 3.8) is 0 Å². The smallest absolute Gasteiger partial charge is 0.319 e. The number of nitrogens with zero attached hydrogens (tertiary/aromatic N) is 2. The van der Waals surface area contributed by atoms with Crippen LogP contribution in [0, 0.1) is 6.92 Å². The molecule has 27 heavy (non-hydrogen) atoms. The normalized spacial score (nSPS) is 10.3. The van der Waals surface area contributed by atoms with Crippen LogP contribution in [-0.4, -0.2) is 30.4 Å². The van der Waals surface area contributed by atoms with E-state index in [9.17, 15) is 4.79 Å². The van der Waals surface area contributed by atoms with Crippen molar-refractivity contribution in [1.82, 2.24) is 15.5 Å². The molecule has 2 amide bonds. The highest BCUT2D eigenvalue weighted by atomic mass is 16.5. The number of carbonyl (C=O) groups is 1. The molecule has 0 spiro atoms. The molecule has 2 aromatic carbocycles. The van der Waals surface area contributed by atoms with E-state index in [1.807, 2.05) is 31.2 Å². The summed E-state index contributed by atoms with van der Waals surface area (Å²) in [6, 6.07) is 12.5. The van der Waals surface area contributed by atoms with Crippen molar-refractivity contribution in [2.75, 3.05) is 19.5 Å². The zero-order chi connectivity index (χ0) is 19.2. The molecule has 1 heterocycles. The number of amides is 2. The molecule has 0 aliphatic rings.